The number of aromatic nitrogens is 1. The van der Waals surface area contributed by atoms with Gasteiger partial charge in [0.1, 0.15) is 0 Å². The van der Waals surface area contributed by atoms with Crippen molar-refractivity contribution in [2.24, 2.45) is 5.73 Å². The van der Waals surface area contributed by atoms with E-state index in [2.05, 4.69) is 16.0 Å². The van der Waals surface area contributed by atoms with Gasteiger partial charge in [-0.15, -0.1) is 0 Å². The molecular weight excluding hydrogens is 198 g/mol. The summed E-state index contributed by atoms with van der Waals surface area (Å²) in [6.45, 7) is 3.04. The highest BCUT2D eigenvalue weighted by atomic mass is 15.2. The molecular formula is C13H21N3. The summed E-state index contributed by atoms with van der Waals surface area (Å²) in [6, 6.07) is 4.48. The van der Waals surface area contributed by atoms with Crippen LogP contribution in [0.3, 0.4) is 0 Å². The standard InChI is InChI=1S/C13H21N3/c14-10-13(12-6-5-7-15-11-12)16-8-3-1-2-4-9-16/h5-7,11,13H,1-4,8-10,14H2/t13-/m1/s1. The van der Waals surface area contributed by atoms with Crippen molar-refractivity contribution in [2.75, 3.05) is 19.6 Å². The molecule has 1 aliphatic heterocycles. The topological polar surface area (TPSA) is 42.1 Å². The Morgan fingerprint density at radius 3 is 2.56 bits per heavy atom. The predicted molar refractivity (Wildman–Crippen MR) is 66.1 cm³/mol. The first-order valence-corrected chi connectivity index (χ1v) is 6.26. The van der Waals surface area contributed by atoms with Gasteiger partial charge in [-0.05, 0) is 37.6 Å². The van der Waals surface area contributed by atoms with E-state index in [-0.39, 0.29) is 0 Å². The van der Waals surface area contributed by atoms with Crippen LogP contribution in [0.5, 0.6) is 0 Å². The van der Waals surface area contributed by atoms with Gasteiger partial charge in [0, 0.05) is 25.0 Å². The number of pyridine rings is 1. The average molecular weight is 219 g/mol. The van der Waals surface area contributed by atoms with Gasteiger partial charge in [-0.25, -0.2) is 0 Å². The molecule has 1 fully saturated rings. The van der Waals surface area contributed by atoms with Crippen LogP contribution in [0.15, 0.2) is 24.5 Å². The minimum absolute atomic E-state index is 0.354. The minimum Gasteiger partial charge on any atom is -0.329 e. The van der Waals surface area contributed by atoms with E-state index in [1.54, 1.807) is 0 Å². The van der Waals surface area contributed by atoms with Crippen molar-refractivity contribution in [1.29, 1.82) is 0 Å². The maximum atomic E-state index is 5.92. The fraction of sp³-hybridized carbons (Fsp3) is 0.615. The Morgan fingerprint density at radius 1 is 1.25 bits per heavy atom. The molecule has 0 radical (unpaired) electrons. The van der Waals surface area contributed by atoms with Crippen molar-refractivity contribution in [3.8, 4) is 0 Å². The van der Waals surface area contributed by atoms with Crippen molar-refractivity contribution < 1.29 is 0 Å². The molecule has 2 rings (SSSR count). The van der Waals surface area contributed by atoms with Crippen molar-refractivity contribution >= 4 is 0 Å². The van der Waals surface area contributed by atoms with Gasteiger partial charge in [0.2, 0.25) is 0 Å². The van der Waals surface area contributed by atoms with Crippen LogP contribution >= 0.6 is 0 Å². The molecule has 1 aromatic rings. The number of hydrogen-bond acceptors (Lipinski definition) is 3. The van der Waals surface area contributed by atoms with Gasteiger partial charge in [0.15, 0.2) is 0 Å². The third-order valence-electron chi connectivity index (χ3n) is 3.37. The first-order valence-electron chi connectivity index (χ1n) is 6.26. The molecule has 3 nitrogen and oxygen atoms in total. The maximum Gasteiger partial charge on any atom is 0.0485 e. The first-order chi connectivity index (χ1) is 7.92. The van der Waals surface area contributed by atoms with Crippen LogP contribution in [-0.4, -0.2) is 29.5 Å². The molecule has 1 aromatic heterocycles. The number of likely N-dealkylation sites (tertiary alicyclic amines) is 1. The summed E-state index contributed by atoms with van der Waals surface area (Å²) in [5, 5.41) is 0. The lowest BCUT2D eigenvalue weighted by molar-refractivity contribution is 0.209. The molecule has 0 aliphatic carbocycles. The molecule has 0 aromatic carbocycles. The molecule has 2 N–H and O–H groups in total. The molecule has 0 spiro atoms. The molecule has 2 heterocycles. The molecule has 0 unspecified atom stereocenters. The number of nitrogens with zero attached hydrogens (tertiary/aromatic N) is 2. The lowest BCUT2D eigenvalue weighted by atomic mass is 10.1. The number of hydrogen-bond donors (Lipinski definition) is 1. The molecule has 0 saturated carbocycles. The number of nitrogens with two attached hydrogens (primary N) is 1. The molecule has 1 saturated heterocycles. The van der Waals surface area contributed by atoms with Crippen molar-refractivity contribution in [1.82, 2.24) is 9.88 Å². The zero-order valence-corrected chi connectivity index (χ0v) is 9.81. The Labute approximate surface area is 97.7 Å². The Hall–Kier alpha value is -0.930. The summed E-state index contributed by atoms with van der Waals surface area (Å²) in [4.78, 5) is 6.71. The lowest BCUT2D eigenvalue weighted by Gasteiger charge is -2.29. The second-order valence-electron chi connectivity index (χ2n) is 4.49. The second-order valence-corrected chi connectivity index (χ2v) is 4.49. The number of rotatable bonds is 3. The molecule has 0 amide bonds. The van der Waals surface area contributed by atoms with Gasteiger partial charge in [0.05, 0.1) is 0 Å². The van der Waals surface area contributed by atoms with E-state index in [4.69, 9.17) is 5.73 Å². The zero-order valence-electron chi connectivity index (χ0n) is 9.81. The van der Waals surface area contributed by atoms with Crippen molar-refractivity contribution in [2.45, 2.75) is 31.7 Å². The smallest absolute Gasteiger partial charge is 0.0485 e. The van der Waals surface area contributed by atoms with Crippen LogP contribution in [0, 0.1) is 0 Å². The van der Waals surface area contributed by atoms with Gasteiger partial charge < -0.3 is 5.73 Å². The molecule has 1 atom stereocenters. The van der Waals surface area contributed by atoms with Gasteiger partial charge in [0.25, 0.3) is 0 Å². The fourth-order valence-corrected chi connectivity index (χ4v) is 2.48. The lowest BCUT2D eigenvalue weighted by Crippen LogP contribution is -2.34. The third kappa shape index (κ3) is 2.80. The van der Waals surface area contributed by atoms with E-state index in [9.17, 15) is 0 Å². The zero-order chi connectivity index (χ0) is 11.2. The summed E-state index contributed by atoms with van der Waals surface area (Å²) in [5.41, 5.74) is 7.17. The van der Waals surface area contributed by atoms with E-state index < -0.39 is 0 Å². The van der Waals surface area contributed by atoms with E-state index in [1.807, 2.05) is 18.5 Å². The van der Waals surface area contributed by atoms with E-state index in [1.165, 1.54) is 44.3 Å². The van der Waals surface area contributed by atoms with E-state index in [0.717, 1.165) is 0 Å². The third-order valence-corrected chi connectivity index (χ3v) is 3.37. The fourth-order valence-electron chi connectivity index (χ4n) is 2.48. The van der Waals surface area contributed by atoms with Crippen LogP contribution in [0.25, 0.3) is 0 Å². The normalized spacial score (nSPS) is 20.3. The van der Waals surface area contributed by atoms with Gasteiger partial charge >= 0.3 is 0 Å². The van der Waals surface area contributed by atoms with Crippen LogP contribution in [0.1, 0.15) is 37.3 Å². The first kappa shape index (κ1) is 11.6. The Bertz CT molecular complexity index is 291. The average Bonchev–Trinajstić information content (AvgIpc) is 2.61. The van der Waals surface area contributed by atoms with Crippen LogP contribution in [-0.2, 0) is 0 Å². The van der Waals surface area contributed by atoms with Crippen molar-refractivity contribution in [3.05, 3.63) is 30.1 Å². The summed E-state index contributed by atoms with van der Waals surface area (Å²) < 4.78 is 0. The summed E-state index contributed by atoms with van der Waals surface area (Å²) in [7, 11) is 0. The van der Waals surface area contributed by atoms with Crippen LogP contribution in [0.4, 0.5) is 0 Å². The van der Waals surface area contributed by atoms with Crippen LogP contribution < -0.4 is 5.73 Å². The van der Waals surface area contributed by atoms with Gasteiger partial charge in [-0.2, -0.15) is 0 Å². The van der Waals surface area contributed by atoms with E-state index >= 15 is 0 Å². The summed E-state index contributed by atoms with van der Waals surface area (Å²) in [5.74, 6) is 0. The Kier molecular flexibility index (Phi) is 4.31. The SMILES string of the molecule is NC[C@H](c1cccnc1)N1CCCCCC1. The highest BCUT2D eigenvalue weighted by molar-refractivity contribution is 5.14. The quantitative estimate of drug-likeness (QED) is 0.845. The molecule has 88 valence electrons. The van der Waals surface area contributed by atoms with E-state index in [0.29, 0.717) is 12.6 Å². The highest BCUT2D eigenvalue weighted by Gasteiger charge is 2.19. The summed E-state index contributed by atoms with van der Waals surface area (Å²) >= 11 is 0. The highest BCUT2D eigenvalue weighted by Crippen LogP contribution is 2.22. The van der Waals surface area contributed by atoms with Crippen LogP contribution in [0.2, 0.25) is 0 Å². The molecule has 1 aliphatic rings. The summed E-state index contributed by atoms with van der Waals surface area (Å²) in [6.07, 6.45) is 9.09. The second kappa shape index (κ2) is 5.97. The minimum atomic E-state index is 0.354. The molecule has 16 heavy (non-hydrogen) atoms. The Balaban J connectivity index is 2.09. The predicted octanol–water partition coefficient (Wildman–Crippen LogP) is 1.96. The Morgan fingerprint density at radius 2 is 2.00 bits per heavy atom. The van der Waals surface area contributed by atoms with Gasteiger partial charge in [-0.1, -0.05) is 18.9 Å². The maximum absolute atomic E-state index is 5.92. The molecule has 3 heteroatoms. The van der Waals surface area contributed by atoms with Crippen molar-refractivity contribution in [3.63, 3.8) is 0 Å². The van der Waals surface area contributed by atoms with Gasteiger partial charge in [-0.3, -0.25) is 9.88 Å². The molecule has 0 bridgehead atoms. The monoisotopic (exact) mass is 219 g/mol. The largest absolute Gasteiger partial charge is 0.329 e.